The molecule has 28 heavy (non-hydrogen) atoms. The van der Waals surface area contributed by atoms with Gasteiger partial charge in [-0.2, -0.15) is 0 Å². The third-order valence-corrected chi connectivity index (χ3v) is 8.56. The van der Waals surface area contributed by atoms with Crippen LogP contribution in [-0.2, 0) is 9.59 Å². The van der Waals surface area contributed by atoms with Crippen molar-refractivity contribution in [3.05, 3.63) is 41.5 Å². The van der Waals surface area contributed by atoms with Crippen molar-refractivity contribution in [2.24, 2.45) is 29.1 Å². The maximum absolute atomic E-state index is 12.9. The molecule has 3 saturated carbocycles. The number of ether oxygens (including phenoxy) is 1. The molecule has 1 aromatic carbocycles. The van der Waals surface area contributed by atoms with Gasteiger partial charge in [0.15, 0.2) is 5.78 Å². The number of carbonyl (C=O) groups is 2. The molecule has 0 bridgehead atoms. The van der Waals surface area contributed by atoms with Crippen molar-refractivity contribution in [2.45, 2.75) is 57.8 Å². The van der Waals surface area contributed by atoms with E-state index in [1.165, 1.54) is 11.1 Å². The van der Waals surface area contributed by atoms with Gasteiger partial charge >= 0.3 is 0 Å². The molecule has 6 atom stereocenters. The minimum atomic E-state index is -0.169. The van der Waals surface area contributed by atoms with Crippen LogP contribution in [0.2, 0.25) is 0 Å². The molecule has 0 aliphatic heterocycles. The summed E-state index contributed by atoms with van der Waals surface area (Å²) in [6, 6.07) is 8.52. The van der Waals surface area contributed by atoms with Gasteiger partial charge in [0, 0.05) is 18.3 Å². The van der Waals surface area contributed by atoms with Crippen LogP contribution in [0.3, 0.4) is 0 Å². The van der Waals surface area contributed by atoms with E-state index in [0.717, 1.165) is 44.3 Å². The number of ketones is 2. The molecule has 0 amide bonds. The normalized spacial score (nSPS) is 39.6. The summed E-state index contributed by atoms with van der Waals surface area (Å²) in [6.07, 6.45) is 8.62. The monoisotopic (exact) mass is 378 g/mol. The van der Waals surface area contributed by atoms with Gasteiger partial charge in [0.2, 0.25) is 0 Å². The van der Waals surface area contributed by atoms with E-state index < -0.39 is 0 Å². The first kappa shape index (κ1) is 18.1. The number of hydrogen-bond donors (Lipinski definition) is 0. The molecule has 3 nitrogen and oxygen atoms in total. The van der Waals surface area contributed by atoms with E-state index in [9.17, 15) is 9.59 Å². The second-order valence-electron chi connectivity index (χ2n) is 9.68. The van der Waals surface area contributed by atoms with Crippen LogP contribution in [0, 0.1) is 29.1 Å². The lowest BCUT2D eigenvalue weighted by Crippen LogP contribution is -2.50. The van der Waals surface area contributed by atoms with Crippen LogP contribution in [0.25, 0.3) is 0 Å². The SMILES string of the molecule is COc1ccc([C@H]2C[C@]3(C)C(=O)CC[C@H]3[C@@H]3CCC4=CC(=O)CC[C@@H]4[C@H]32)cc1. The van der Waals surface area contributed by atoms with Crippen LogP contribution in [0.4, 0.5) is 0 Å². The number of benzene rings is 1. The molecule has 0 radical (unpaired) electrons. The van der Waals surface area contributed by atoms with Gasteiger partial charge < -0.3 is 4.74 Å². The Hall–Kier alpha value is -1.90. The van der Waals surface area contributed by atoms with E-state index in [1.54, 1.807) is 7.11 Å². The second-order valence-corrected chi connectivity index (χ2v) is 9.68. The molecule has 3 fully saturated rings. The first-order valence-electron chi connectivity index (χ1n) is 10.9. The fourth-order valence-electron chi connectivity index (χ4n) is 7.27. The predicted octanol–water partition coefficient (Wildman–Crippen LogP) is 5.10. The molecule has 5 rings (SSSR count). The quantitative estimate of drug-likeness (QED) is 0.719. The van der Waals surface area contributed by atoms with Gasteiger partial charge in [-0.05, 0) is 85.5 Å². The molecule has 4 aliphatic carbocycles. The Bertz CT molecular complexity index is 836. The number of carbonyl (C=O) groups excluding carboxylic acids is 2. The number of Topliss-reactive ketones (excluding diaryl/α,β-unsaturated/α-hetero) is 1. The summed E-state index contributed by atoms with van der Waals surface area (Å²) >= 11 is 0. The molecule has 4 aliphatic rings. The van der Waals surface area contributed by atoms with Crippen LogP contribution in [-0.4, -0.2) is 18.7 Å². The Morgan fingerprint density at radius 1 is 0.964 bits per heavy atom. The number of fused-ring (bicyclic) bond motifs is 5. The molecule has 148 valence electrons. The second kappa shape index (κ2) is 6.57. The average Bonchev–Trinajstić information content (AvgIpc) is 3.01. The third-order valence-electron chi connectivity index (χ3n) is 8.56. The summed E-state index contributed by atoms with van der Waals surface area (Å²) in [5.41, 5.74) is 2.56. The fraction of sp³-hybridized carbons (Fsp3) is 0.600. The smallest absolute Gasteiger partial charge is 0.155 e. The maximum Gasteiger partial charge on any atom is 0.155 e. The summed E-state index contributed by atoms with van der Waals surface area (Å²) in [6.45, 7) is 2.25. The minimum Gasteiger partial charge on any atom is -0.497 e. The van der Waals surface area contributed by atoms with Crippen LogP contribution in [0.1, 0.15) is 63.4 Å². The van der Waals surface area contributed by atoms with Gasteiger partial charge in [-0.1, -0.05) is 24.6 Å². The Kier molecular flexibility index (Phi) is 4.26. The van der Waals surface area contributed by atoms with Crippen molar-refractivity contribution in [2.75, 3.05) is 7.11 Å². The number of hydrogen-bond acceptors (Lipinski definition) is 3. The standard InChI is InChI=1S/C25H30O3/c1-25-14-21(15-3-7-18(28-2)8-4-15)24-19-10-6-17(26)13-16(19)5-9-20(24)22(25)11-12-23(25)27/h3-4,7-8,13,19-22,24H,5-6,9-12,14H2,1-2H3/t19-,20-,21+,22-,24+,25-/m0/s1. The van der Waals surface area contributed by atoms with Gasteiger partial charge in [-0.3, -0.25) is 9.59 Å². The van der Waals surface area contributed by atoms with Crippen molar-refractivity contribution >= 4 is 11.6 Å². The number of rotatable bonds is 2. The van der Waals surface area contributed by atoms with Crippen LogP contribution in [0.5, 0.6) is 5.75 Å². The Morgan fingerprint density at radius 2 is 1.75 bits per heavy atom. The Balaban J connectivity index is 1.58. The highest BCUT2D eigenvalue weighted by Crippen LogP contribution is 2.64. The molecule has 0 heterocycles. The molecule has 0 aromatic heterocycles. The molecular weight excluding hydrogens is 348 g/mol. The Labute approximate surface area is 167 Å². The highest BCUT2D eigenvalue weighted by atomic mass is 16.5. The van der Waals surface area contributed by atoms with Crippen molar-refractivity contribution in [1.29, 1.82) is 0 Å². The largest absolute Gasteiger partial charge is 0.497 e. The first-order chi connectivity index (χ1) is 13.5. The number of methoxy groups -OCH3 is 1. The zero-order valence-electron chi connectivity index (χ0n) is 16.9. The van der Waals surface area contributed by atoms with Gasteiger partial charge in [0.1, 0.15) is 11.5 Å². The van der Waals surface area contributed by atoms with Gasteiger partial charge in [-0.25, -0.2) is 0 Å². The van der Waals surface area contributed by atoms with Crippen molar-refractivity contribution in [1.82, 2.24) is 0 Å². The van der Waals surface area contributed by atoms with Crippen LogP contribution < -0.4 is 4.74 Å². The van der Waals surface area contributed by atoms with Gasteiger partial charge in [-0.15, -0.1) is 0 Å². The van der Waals surface area contributed by atoms with E-state index >= 15 is 0 Å². The van der Waals surface area contributed by atoms with Crippen LogP contribution >= 0.6 is 0 Å². The zero-order chi connectivity index (χ0) is 19.5. The summed E-state index contributed by atoms with van der Waals surface area (Å²) in [5, 5.41) is 0. The molecule has 1 aromatic rings. The van der Waals surface area contributed by atoms with Gasteiger partial charge in [0.25, 0.3) is 0 Å². The van der Waals surface area contributed by atoms with E-state index in [4.69, 9.17) is 4.74 Å². The summed E-state index contributed by atoms with van der Waals surface area (Å²) in [5.74, 6) is 4.27. The van der Waals surface area contributed by atoms with Crippen molar-refractivity contribution in [3.63, 3.8) is 0 Å². The molecule has 3 heteroatoms. The molecule has 0 spiro atoms. The molecule has 0 unspecified atom stereocenters. The van der Waals surface area contributed by atoms with E-state index in [0.29, 0.717) is 47.6 Å². The first-order valence-corrected chi connectivity index (χ1v) is 10.9. The molecule has 0 saturated heterocycles. The van der Waals surface area contributed by atoms with E-state index in [2.05, 4.69) is 31.2 Å². The lowest BCUT2D eigenvalue weighted by Gasteiger charge is -2.55. The lowest BCUT2D eigenvalue weighted by molar-refractivity contribution is -0.132. The maximum atomic E-state index is 12.9. The predicted molar refractivity (Wildman–Crippen MR) is 108 cm³/mol. The van der Waals surface area contributed by atoms with Crippen LogP contribution in [0.15, 0.2) is 35.9 Å². The highest BCUT2D eigenvalue weighted by Gasteiger charge is 2.59. The van der Waals surface area contributed by atoms with Gasteiger partial charge in [0.05, 0.1) is 7.11 Å². The molecule has 0 N–H and O–H groups in total. The van der Waals surface area contributed by atoms with E-state index in [-0.39, 0.29) is 5.41 Å². The fourth-order valence-corrected chi connectivity index (χ4v) is 7.27. The zero-order valence-corrected chi connectivity index (χ0v) is 16.9. The van der Waals surface area contributed by atoms with E-state index in [1.807, 2.05) is 6.08 Å². The van der Waals surface area contributed by atoms with Crippen molar-refractivity contribution in [3.8, 4) is 5.75 Å². The summed E-state index contributed by atoms with van der Waals surface area (Å²) in [4.78, 5) is 25.0. The summed E-state index contributed by atoms with van der Waals surface area (Å²) in [7, 11) is 1.70. The number of allylic oxidation sites excluding steroid dienone is 1. The highest BCUT2D eigenvalue weighted by molar-refractivity contribution is 5.91. The Morgan fingerprint density at radius 3 is 2.50 bits per heavy atom. The average molecular weight is 379 g/mol. The lowest BCUT2D eigenvalue weighted by atomic mass is 9.48. The van der Waals surface area contributed by atoms with Crippen molar-refractivity contribution < 1.29 is 14.3 Å². The summed E-state index contributed by atoms with van der Waals surface area (Å²) < 4.78 is 5.37. The topological polar surface area (TPSA) is 43.4 Å². The third kappa shape index (κ3) is 2.62. The minimum absolute atomic E-state index is 0.169. The molecular formula is C25H30O3.